The zero-order valence-electron chi connectivity index (χ0n) is 26.4. The third kappa shape index (κ3) is 3.34. The predicted molar refractivity (Wildman–Crippen MR) is 185 cm³/mol. The Kier molecular flexibility index (Phi) is 6.21. The number of benzene rings is 3. The van der Waals surface area contributed by atoms with E-state index < -0.39 is 0 Å². The molecule has 1 aromatic heterocycles. The van der Waals surface area contributed by atoms with Gasteiger partial charge in [0.25, 0.3) is 0 Å². The minimum Gasteiger partial charge on any atom is -0.349 e. The summed E-state index contributed by atoms with van der Waals surface area (Å²) in [6.07, 6.45) is 11.7. The molecule has 0 N–H and O–H groups in total. The minimum absolute atomic E-state index is 0.0493. The number of fused-ring (bicyclic) bond motifs is 10. The van der Waals surface area contributed by atoms with Gasteiger partial charge in [-0.3, -0.25) is 0 Å². The van der Waals surface area contributed by atoms with Crippen LogP contribution in [0.4, 0.5) is 28.6 Å². The molecule has 0 bridgehead atoms. The number of aromatic nitrogens is 2. The van der Waals surface area contributed by atoms with Crippen LogP contribution in [0.25, 0.3) is 0 Å². The summed E-state index contributed by atoms with van der Waals surface area (Å²) in [5.41, 5.74) is 9.35. The molecule has 3 aromatic carbocycles. The molecule has 4 aliphatic rings. The Morgan fingerprint density at radius 3 is 2.09 bits per heavy atom. The van der Waals surface area contributed by atoms with Gasteiger partial charge in [-0.2, -0.15) is 0 Å². The van der Waals surface area contributed by atoms with E-state index in [1.165, 1.54) is 22.5 Å². The van der Waals surface area contributed by atoms with Crippen molar-refractivity contribution >= 4 is 28.6 Å². The van der Waals surface area contributed by atoms with Gasteiger partial charge in [0, 0.05) is 34.9 Å². The van der Waals surface area contributed by atoms with Crippen molar-refractivity contribution < 1.29 is 0 Å². The van der Waals surface area contributed by atoms with Crippen molar-refractivity contribution in [2.45, 2.75) is 62.7 Å². The Balaban J connectivity index is 1.45. The first-order valence-corrected chi connectivity index (χ1v) is 16.2. The van der Waals surface area contributed by atoms with Gasteiger partial charge in [0.15, 0.2) is 5.82 Å². The van der Waals surface area contributed by atoms with Gasteiger partial charge in [-0.1, -0.05) is 81.6 Å². The highest BCUT2D eigenvalue weighted by atomic mass is 15.5. The normalized spacial score (nSPS) is 24.1. The molecule has 6 nitrogen and oxygen atoms in total. The summed E-state index contributed by atoms with van der Waals surface area (Å²) < 4.78 is 0. The molecule has 8 rings (SSSR count). The predicted octanol–water partition coefficient (Wildman–Crippen LogP) is 8.43. The van der Waals surface area contributed by atoms with Crippen molar-refractivity contribution in [3.05, 3.63) is 139 Å². The highest BCUT2D eigenvalue weighted by Crippen LogP contribution is 2.67. The first-order valence-electron chi connectivity index (χ1n) is 16.2. The van der Waals surface area contributed by atoms with E-state index in [0.717, 1.165) is 54.3 Å². The van der Waals surface area contributed by atoms with Crippen LogP contribution in [0.3, 0.4) is 0 Å². The minimum atomic E-state index is -0.252. The van der Waals surface area contributed by atoms with E-state index in [0.29, 0.717) is 0 Å². The molecule has 226 valence electrons. The summed E-state index contributed by atoms with van der Waals surface area (Å²) in [6.45, 7) is 13.4. The Morgan fingerprint density at radius 1 is 0.778 bits per heavy atom. The van der Waals surface area contributed by atoms with Crippen LogP contribution in [0.2, 0.25) is 0 Å². The quantitative estimate of drug-likeness (QED) is 0.232. The Hall–Kier alpha value is -4.84. The van der Waals surface area contributed by atoms with Crippen molar-refractivity contribution in [2.75, 3.05) is 26.6 Å². The van der Waals surface area contributed by atoms with Gasteiger partial charge < -0.3 is 19.6 Å². The average Bonchev–Trinajstić information content (AvgIpc) is 3.69. The maximum Gasteiger partial charge on any atom is 0.161 e. The van der Waals surface area contributed by atoms with Crippen LogP contribution in [0, 0.1) is 0 Å². The molecule has 1 spiro atoms. The summed E-state index contributed by atoms with van der Waals surface area (Å²) in [5.74, 6) is 0.997. The van der Waals surface area contributed by atoms with Crippen molar-refractivity contribution in [1.29, 1.82) is 0 Å². The van der Waals surface area contributed by atoms with Crippen LogP contribution in [0.15, 0.2) is 128 Å². The Labute approximate surface area is 266 Å². The molecule has 0 aliphatic carbocycles. The maximum absolute atomic E-state index is 4.89. The van der Waals surface area contributed by atoms with Crippen LogP contribution < -0.4 is 19.6 Å². The van der Waals surface area contributed by atoms with Gasteiger partial charge in [0.05, 0.1) is 17.6 Å². The fourth-order valence-electron chi connectivity index (χ4n) is 9.66. The van der Waals surface area contributed by atoms with Gasteiger partial charge in [-0.05, 0) is 73.2 Å². The second-order valence-corrected chi connectivity index (χ2v) is 12.7. The number of nitrogens with zero attached hydrogens (tertiary/aromatic N) is 6. The average molecular weight is 593 g/mol. The van der Waals surface area contributed by atoms with Crippen LogP contribution >= 0.6 is 0 Å². The van der Waals surface area contributed by atoms with Crippen LogP contribution in [0.5, 0.6) is 0 Å². The Morgan fingerprint density at radius 2 is 1.40 bits per heavy atom. The summed E-state index contributed by atoms with van der Waals surface area (Å²) in [5, 5.41) is 0. The van der Waals surface area contributed by atoms with Gasteiger partial charge in [-0.25, -0.2) is 9.97 Å². The lowest BCUT2D eigenvalue weighted by atomic mass is 9.51. The molecule has 4 aliphatic heterocycles. The molecular formula is C39H40N6. The van der Waals surface area contributed by atoms with Crippen molar-refractivity contribution in [3.63, 3.8) is 0 Å². The number of likely N-dealkylation sites (N-methyl/N-ethyl adjacent to an activating group) is 1. The molecular weight excluding hydrogens is 552 g/mol. The third-order valence-electron chi connectivity index (χ3n) is 11.3. The summed E-state index contributed by atoms with van der Waals surface area (Å²) in [6, 6.07) is 29.0. The molecule has 3 atom stereocenters. The number of para-hydroxylation sites is 3. The standard InChI is InChI=1S/C39H40N6/c1-6-30-31(7-2)44-32-21-15-13-19-28(32)38(8-3,9-4)39(24-23-35(44)43(30)27-17-11-10-12-18-27)29-20-14-16-22-33(29)45-36-34(25-40-26-41-36)42(5)37(39)45/h6-7,10-22,25-26,35,37H,1-2,8-9,23-24H2,3-5H3. The lowest BCUT2D eigenvalue weighted by Crippen LogP contribution is -2.62. The zero-order chi connectivity index (χ0) is 30.9. The van der Waals surface area contributed by atoms with Crippen LogP contribution in [-0.4, -0.2) is 29.3 Å². The molecule has 0 saturated heterocycles. The third-order valence-corrected chi connectivity index (χ3v) is 11.3. The molecule has 0 radical (unpaired) electrons. The number of hydrogen-bond donors (Lipinski definition) is 0. The molecule has 45 heavy (non-hydrogen) atoms. The number of allylic oxidation sites excluding steroid dienone is 2. The second kappa shape index (κ2) is 10.1. The summed E-state index contributed by atoms with van der Waals surface area (Å²) >= 11 is 0. The van der Waals surface area contributed by atoms with E-state index in [4.69, 9.17) is 4.98 Å². The van der Waals surface area contributed by atoms with Crippen LogP contribution in [-0.2, 0) is 10.8 Å². The summed E-state index contributed by atoms with van der Waals surface area (Å²) in [7, 11) is 2.24. The summed E-state index contributed by atoms with van der Waals surface area (Å²) in [4.78, 5) is 19.4. The topological polar surface area (TPSA) is 38.7 Å². The molecule has 0 fully saturated rings. The lowest BCUT2D eigenvalue weighted by molar-refractivity contribution is 0.147. The number of anilines is 5. The highest BCUT2D eigenvalue weighted by Gasteiger charge is 2.67. The highest BCUT2D eigenvalue weighted by molar-refractivity contribution is 5.87. The van der Waals surface area contributed by atoms with E-state index in [1.807, 2.05) is 18.3 Å². The maximum atomic E-state index is 4.89. The second-order valence-electron chi connectivity index (χ2n) is 12.7. The van der Waals surface area contributed by atoms with E-state index >= 15 is 0 Å². The Bertz CT molecular complexity index is 1840. The van der Waals surface area contributed by atoms with E-state index in [9.17, 15) is 0 Å². The number of hydrogen-bond acceptors (Lipinski definition) is 6. The molecule has 0 saturated carbocycles. The van der Waals surface area contributed by atoms with E-state index in [-0.39, 0.29) is 23.2 Å². The smallest absolute Gasteiger partial charge is 0.161 e. The molecule has 6 heteroatoms. The molecule has 3 unspecified atom stereocenters. The zero-order valence-corrected chi connectivity index (χ0v) is 26.4. The molecule has 0 amide bonds. The first-order chi connectivity index (χ1) is 22.1. The van der Waals surface area contributed by atoms with Crippen molar-refractivity contribution in [1.82, 2.24) is 9.97 Å². The van der Waals surface area contributed by atoms with Gasteiger partial charge in [-0.15, -0.1) is 0 Å². The van der Waals surface area contributed by atoms with E-state index in [2.05, 4.69) is 137 Å². The monoisotopic (exact) mass is 592 g/mol. The molecule has 4 aromatic rings. The van der Waals surface area contributed by atoms with E-state index in [1.54, 1.807) is 6.33 Å². The lowest BCUT2D eigenvalue weighted by Gasteiger charge is -2.56. The van der Waals surface area contributed by atoms with Gasteiger partial charge in [0.1, 0.15) is 24.3 Å². The van der Waals surface area contributed by atoms with Crippen molar-refractivity contribution in [2.24, 2.45) is 0 Å². The number of rotatable bonds is 5. The van der Waals surface area contributed by atoms with Crippen molar-refractivity contribution in [3.8, 4) is 0 Å². The molecule has 5 heterocycles. The SMILES string of the molecule is C=CC1=C(C=C)N2c3ccccc3C(CC)(CC)C3(CCC2N1c1ccccc1)c1ccccc1N1c2ncncc2N(C)C13. The fourth-order valence-corrected chi connectivity index (χ4v) is 9.66. The van der Waals surface area contributed by atoms with Gasteiger partial charge >= 0.3 is 0 Å². The largest absolute Gasteiger partial charge is 0.349 e. The van der Waals surface area contributed by atoms with Gasteiger partial charge in [0.2, 0.25) is 0 Å². The fraction of sp³-hybridized carbons (Fsp3) is 0.282. The first kappa shape index (κ1) is 27.7. The van der Waals surface area contributed by atoms with Crippen LogP contribution in [0.1, 0.15) is 50.7 Å².